The van der Waals surface area contributed by atoms with Crippen molar-refractivity contribution in [3.8, 4) is 5.75 Å². The van der Waals surface area contributed by atoms with Crippen LogP contribution in [0, 0.1) is 0 Å². The van der Waals surface area contributed by atoms with Gasteiger partial charge in [0.1, 0.15) is 5.75 Å². The lowest BCUT2D eigenvalue weighted by atomic mass is 10.1. The van der Waals surface area contributed by atoms with Gasteiger partial charge in [-0.15, -0.1) is 0 Å². The molecule has 26 heavy (non-hydrogen) atoms. The quantitative estimate of drug-likeness (QED) is 0.637. The Morgan fingerprint density at radius 1 is 1.15 bits per heavy atom. The van der Waals surface area contributed by atoms with Gasteiger partial charge in [0, 0.05) is 6.54 Å². The number of carbonyl (C=O) groups is 1. The summed E-state index contributed by atoms with van der Waals surface area (Å²) in [6.45, 7) is 0.140. The van der Waals surface area contributed by atoms with Crippen LogP contribution >= 0.6 is 11.6 Å². The standard InChI is InChI=1S/C18H21ClN2O4S/c1-25-17-10-9-15(12-16(17)19)26(23,24)21-13-18(22)20-11-5-8-14-6-3-2-4-7-14/h2-4,6-7,9-10,12,21H,5,8,11,13H2,1H3,(H,20,22). The monoisotopic (exact) mass is 396 g/mol. The molecule has 6 nitrogen and oxygen atoms in total. The van der Waals surface area contributed by atoms with E-state index < -0.39 is 10.0 Å². The highest BCUT2D eigenvalue weighted by Gasteiger charge is 2.17. The van der Waals surface area contributed by atoms with Gasteiger partial charge in [0.25, 0.3) is 0 Å². The van der Waals surface area contributed by atoms with Crippen molar-refractivity contribution in [1.29, 1.82) is 0 Å². The van der Waals surface area contributed by atoms with Crippen molar-refractivity contribution in [3.63, 3.8) is 0 Å². The highest BCUT2D eigenvalue weighted by molar-refractivity contribution is 7.89. The van der Waals surface area contributed by atoms with Crippen molar-refractivity contribution >= 4 is 27.5 Å². The number of aryl methyl sites for hydroxylation is 1. The van der Waals surface area contributed by atoms with Crippen LogP contribution in [0.1, 0.15) is 12.0 Å². The molecule has 0 aliphatic rings. The molecule has 0 aliphatic heterocycles. The number of carbonyl (C=O) groups excluding carboxylic acids is 1. The number of methoxy groups -OCH3 is 1. The molecule has 0 radical (unpaired) electrons. The summed E-state index contributed by atoms with van der Waals surface area (Å²) in [6.07, 6.45) is 1.62. The number of nitrogens with one attached hydrogen (secondary N) is 2. The predicted molar refractivity (Wildman–Crippen MR) is 101 cm³/mol. The fraction of sp³-hybridized carbons (Fsp3) is 0.278. The zero-order valence-electron chi connectivity index (χ0n) is 14.4. The van der Waals surface area contributed by atoms with Gasteiger partial charge < -0.3 is 10.1 Å². The first kappa shape index (κ1) is 20.2. The zero-order valence-corrected chi connectivity index (χ0v) is 15.9. The van der Waals surface area contributed by atoms with Crippen LogP contribution in [0.4, 0.5) is 0 Å². The molecule has 140 valence electrons. The molecule has 0 aliphatic carbocycles. The van der Waals surface area contributed by atoms with Crippen molar-refractivity contribution in [2.75, 3.05) is 20.2 Å². The van der Waals surface area contributed by atoms with E-state index in [1.807, 2.05) is 30.3 Å². The maximum absolute atomic E-state index is 12.2. The van der Waals surface area contributed by atoms with Crippen LogP contribution in [0.25, 0.3) is 0 Å². The molecule has 0 heterocycles. The summed E-state index contributed by atoms with van der Waals surface area (Å²) < 4.78 is 31.7. The van der Waals surface area contributed by atoms with Gasteiger partial charge in [-0.2, -0.15) is 0 Å². The summed E-state index contributed by atoms with van der Waals surface area (Å²) >= 11 is 5.94. The number of benzene rings is 2. The van der Waals surface area contributed by atoms with Gasteiger partial charge in [-0.3, -0.25) is 4.79 Å². The molecule has 8 heteroatoms. The Bertz CT molecular complexity index is 842. The van der Waals surface area contributed by atoms with Gasteiger partial charge in [-0.1, -0.05) is 41.9 Å². The van der Waals surface area contributed by atoms with E-state index in [0.29, 0.717) is 12.3 Å². The van der Waals surface area contributed by atoms with Crippen LogP contribution in [0.15, 0.2) is 53.4 Å². The number of ether oxygens (including phenoxy) is 1. The van der Waals surface area contributed by atoms with E-state index in [-0.39, 0.29) is 22.4 Å². The molecule has 2 aromatic rings. The minimum Gasteiger partial charge on any atom is -0.495 e. The number of hydrogen-bond donors (Lipinski definition) is 2. The van der Waals surface area contributed by atoms with E-state index in [1.165, 1.54) is 30.9 Å². The minimum absolute atomic E-state index is 0.0276. The first-order chi connectivity index (χ1) is 12.4. The second kappa shape index (κ2) is 9.56. The first-order valence-electron chi connectivity index (χ1n) is 8.06. The molecular formula is C18H21ClN2O4S. The second-order valence-electron chi connectivity index (χ2n) is 5.56. The molecule has 2 N–H and O–H groups in total. The minimum atomic E-state index is -3.83. The third-order valence-corrected chi connectivity index (χ3v) is 5.36. The van der Waals surface area contributed by atoms with Crippen molar-refractivity contribution < 1.29 is 17.9 Å². The van der Waals surface area contributed by atoms with Crippen molar-refractivity contribution in [2.24, 2.45) is 0 Å². The van der Waals surface area contributed by atoms with Gasteiger partial charge >= 0.3 is 0 Å². The second-order valence-corrected chi connectivity index (χ2v) is 7.73. The summed E-state index contributed by atoms with van der Waals surface area (Å²) in [6, 6.07) is 14.0. The predicted octanol–water partition coefficient (Wildman–Crippen LogP) is 2.38. The summed E-state index contributed by atoms with van der Waals surface area (Å²) in [5.74, 6) is -0.0111. The maximum Gasteiger partial charge on any atom is 0.241 e. The van der Waals surface area contributed by atoms with E-state index in [1.54, 1.807) is 0 Å². The number of halogens is 1. The molecule has 2 aromatic carbocycles. The highest BCUT2D eigenvalue weighted by atomic mass is 35.5. The van der Waals surface area contributed by atoms with Crippen LogP contribution in [-0.4, -0.2) is 34.5 Å². The van der Waals surface area contributed by atoms with Crippen LogP contribution in [0.2, 0.25) is 5.02 Å². The largest absolute Gasteiger partial charge is 0.495 e. The van der Waals surface area contributed by atoms with Gasteiger partial charge in [-0.25, -0.2) is 13.1 Å². The Balaban J connectivity index is 1.77. The third kappa shape index (κ3) is 6.01. The molecule has 0 bridgehead atoms. The molecule has 0 aromatic heterocycles. The summed E-state index contributed by atoms with van der Waals surface area (Å²) in [4.78, 5) is 11.8. The maximum atomic E-state index is 12.2. The van der Waals surface area contributed by atoms with Gasteiger partial charge in [0.05, 0.1) is 23.6 Å². The molecular weight excluding hydrogens is 376 g/mol. The molecule has 0 atom stereocenters. The Kier molecular flexibility index (Phi) is 7.44. The Morgan fingerprint density at radius 3 is 2.54 bits per heavy atom. The van der Waals surface area contributed by atoms with E-state index >= 15 is 0 Å². The normalized spacial score (nSPS) is 11.2. The lowest BCUT2D eigenvalue weighted by Crippen LogP contribution is -2.37. The Labute approximate surface area is 158 Å². The van der Waals surface area contributed by atoms with Crippen molar-refractivity contribution in [2.45, 2.75) is 17.7 Å². The lowest BCUT2D eigenvalue weighted by Gasteiger charge is -2.09. The third-order valence-electron chi connectivity index (χ3n) is 3.66. The molecule has 1 amide bonds. The van der Waals surface area contributed by atoms with E-state index in [9.17, 15) is 13.2 Å². The average molecular weight is 397 g/mol. The van der Waals surface area contributed by atoms with Crippen LogP contribution in [0.5, 0.6) is 5.75 Å². The van der Waals surface area contributed by atoms with Crippen LogP contribution < -0.4 is 14.8 Å². The summed E-state index contributed by atoms with van der Waals surface area (Å²) in [5, 5.41) is 2.88. The fourth-order valence-corrected chi connectivity index (χ4v) is 3.62. The fourth-order valence-electron chi connectivity index (χ4n) is 2.29. The number of sulfonamides is 1. The van der Waals surface area contributed by atoms with Gasteiger partial charge in [0.15, 0.2) is 0 Å². The van der Waals surface area contributed by atoms with Crippen molar-refractivity contribution in [3.05, 3.63) is 59.1 Å². The smallest absolute Gasteiger partial charge is 0.241 e. The molecule has 0 fully saturated rings. The van der Waals surface area contributed by atoms with Gasteiger partial charge in [-0.05, 0) is 36.6 Å². The Hall–Kier alpha value is -2.09. The molecule has 0 unspecified atom stereocenters. The summed E-state index contributed by atoms with van der Waals surface area (Å²) in [5.41, 5.74) is 1.19. The van der Waals surface area contributed by atoms with Crippen LogP contribution in [0.3, 0.4) is 0 Å². The SMILES string of the molecule is COc1ccc(S(=O)(=O)NCC(=O)NCCCc2ccccc2)cc1Cl. The molecule has 0 saturated heterocycles. The molecule has 0 spiro atoms. The lowest BCUT2D eigenvalue weighted by molar-refractivity contribution is -0.119. The van der Waals surface area contributed by atoms with Crippen LogP contribution in [-0.2, 0) is 21.2 Å². The first-order valence-corrected chi connectivity index (χ1v) is 9.92. The molecule has 0 saturated carbocycles. The van der Waals surface area contributed by atoms with Crippen molar-refractivity contribution in [1.82, 2.24) is 10.0 Å². The van der Waals surface area contributed by atoms with E-state index in [0.717, 1.165) is 12.8 Å². The number of amides is 1. The number of hydrogen-bond acceptors (Lipinski definition) is 4. The Morgan fingerprint density at radius 2 is 1.88 bits per heavy atom. The zero-order chi connectivity index (χ0) is 19.0. The van der Waals surface area contributed by atoms with E-state index in [2.05, 4.69) is 10.0 Å². The van der Waals surface area contributed by atoms with E-state index in [4.69, 9.17) is 16.3 Å². The highest BCUT2D eigenvalue weighted by Crippen LogP contribution is 2.26. The molecule has 2 rings (SSSR count). The topological polar surface area (TPSA) is 84.5 Å². The average Bonchev–Trinajstić information content (AvgIpc) is 2.64. The van der Waals surface area contributed by atoms with Gasteiger partial charge in [0.2, 0.25) is 15.9 Å². The summed E-state index contributed by atoms with van der Waals surface area (Å²) in [7, 11) is -2.39. The number of rotatable bonds is 9.